The quantitative estimate of drug-likeness (QED) is 0.778. The van der Waals surface area contributed by atoms with E-state index in [-0.39, 0.29) is 5.56 Å². The highest BCUT2D eigenvalue weighted by Gasteiger charge is 2.16. The van der Waals surface area contributed by atoms with Gasteiger partial charge in [0.25, 0.3) is 5.91 Å². The third-order valence-corrected chi connectivity index (χ3v) is 4.46. The van der Waals surface area contributed by atoms with E-state index in [0.717, 1.165) is 0 Å². The lowest BCUT2D eigenvalue weighted by Gasteiger charge is -2.09. The zero-order valence-corrected chi connectivity index (χ0v) is 15.1. The molecule has 0 saturated carbocycles. The molecule has 0 spiro atoms. The number of benzene rings is 2. The van der Waals surface area contributed by atoms with Gasteiger partial charge >= 0.3 is 5.97 Å². The molecule has 132 valence electrons. The topological polar surface area (TPSA) is 81.7 Å². The van der Waals surface area contributed by atoms with Gasteiger partial charge < -0.3 is 14.8 Å². The predicted octanol–water partition coefficient (Wildman–Crippen LogP) is 2.88. The minimum atomic E-state index is -1.34. The Kier molecular flexibility index (Phi) is 6.55. The summed E-state index contributed by atoms with van der Waals surface area (Å²) in [6.07, 6.45) is 1.46. The number of hydrogen-bond acceptors (Lipinski definition) is 5. The summed E-state index contributed by atoms with van der Waals surface area (Å²) in [6.45, 7) is -0.479. The number of carbonyl (C=O) groups is 2. The Labute approximate surface area is 152 Å². The molecule has 25 heavy (non-hydrogen) atoms. The summed E-state index contributed by atoms with van der Waals surface area (Å²) in [6, 6.07) is 11.1. The van der Waals surface area contributed by atoms with E-state index in [1.54, 1.807) is 30.3 Å². The molecule has 0 aliphatic carbocycles. The summed E-state index contributed by atoms with van der Waals surface area (Å²) in [5, 5.41) is 2.91. The number of hydrogen-bond donors (Lipinski definition) is 1. The molecule has 0 aliphatic heterocycles. The van der Waals surface area contributed by atoms with Crippen molar-refractivity contribution in [1.82, 2.24) is 0 Å². The molecule has 0 bridgehead atoms. The van der Waals surface area contributed by atoms with Crippen LogP contribution in [0.25, 0.3) is 0 Å². The SMILES string of the molecule is COc1ccc(NC(=O)COC(=O)c2ccccc2[S@](C)=O)cc1Cl. The maximum absolute atomic E-state index is 12.1. The Balaban J connectivity index is 1.97. The Morgan fingerprint density at radius 1 is 1.20 bits per heavy atom. The molecule has 0 aromatic heterocycles. The average Bonchev–Trinajstić information content (AvgIpc) is 2.59. The largest absolute Gasteiger partial charge is 0.495 e. The Hall–Kier alpha value is -2.38. The Bertz CT molecular complexity index is 824. The molecule has 2 rings (SSSR count). The van der Waals surface area contributed by atoms with Crippen molar-refractivity contribution in [3.8, 4) is 5.75 Å². The van der Waals surface area contributed by atoms with Crippen LogP contribution in [0.1, 0.15) is 10.4 Å². The molecule has 2 aromatic rings. The normalized spacial score (nSPS) is 11.5. The average molecular weight is 382 g/mol. The number of rotatable bonds is 6. The minimum Gasteiger partial charge on any atom is -0.495 e. The molecule has 2 aromatic carbocycles. The first-order valence-electron chi connectivity index (χ1n) is 7.15. The van der Waals surface area contributed by atoms with E-state index in [9.17, 15) is 13.8 Å². The van der Waals surface area contributed by atoms with Crippen LogP contribution < -0.4 is 10.1 Å². The molecule has 1 N–H and O–H groups in total. The van der Waals surface area contributed by atoms with Gasteiger partial charge in [0, 0.05) is 11.9 Å². The molecular formula is C17H16ClNO5S. The molecule has 0 fully saturated rings. The van der Waals surface area contributed by atoms with Gasteiger partial charge in [-0.2, -0.15) is 0 Å². The zero-order valence-electron chi connectivity index (χ0n) is 13.6. The molecule has 1 amide bonds. The van der Waals surface area contributed by atoms with E-state index < -0.39 is 29.3 Å². The summed E-state index contributed by atoms with van der Waals surface area (Å²) >= 11 is 5.98. The van der Waals surface area contributed by atoms with Crippen molar-refractivity contribution in [3.63, 3.8) is 0 Å². The lowest BCUT2D eigenvalue weighted by atomic mass is 10.2. The molecule has 0 aliphatic rings. The fourth-order valence-corrected chi connectivity index (χ4v) is 3.02. The maximum Gasteiger partial charge on any atom is 0.339 e. The highest BCUT2D eigenvalue weighted by atomic mass is 35.5. The molecule has 6 nitrogen and oxygen atoms in total. The van der Waals surface area contributed by atoms with E-state index in [4.69, 9.17) is 21.1 Å². The van der Waals surface area contributed by atoms with Crippen LogP contribution in [-0.2, 0) is 20.3 Å². The third-order valence-electron chi connectivity index (χ3n) is 3.19. The summed E-state index contributed by atoms with van der Waals surface area (Å²) < 4.78 is 21.6. The van der Waals surface area contributed by atoms with Crippen LogP contribution in [-0.4, -0.2) is 36.1 Å². The van der Waals surface area contributed by atoms with Crippen molar-refractivity contribution >= 4 is 40.0 Å². The molecule has 1 atom stereocenters. The van der Waals surface area contributed by atoms with Crippen molar-refractivity contribution in [1.29, 1.82) is 0 Å². The van der Waals surface area contributed by atoms with Crippen LogP contribution >= 0.6 is 11.6 Å². The molecule has 0 radical (unpaired) electrons. The maximum atomic E-state index is 12.1. The number of ether oxygens (including phenoxy) is 2. The van der Waals surface area contributed by atoms with Gasteiger partial charge in [0.1, 0.15) is 5.75 Å². The number of nitrogens with one attached hydrogen (secondary N) is 1. The first kappa shape index (κ1) is 19.0. The van der Waals surface area contributed by atoms with Gasteiger partial charge in [0.2, 0.25) is 0 Å². The van der Waals surface area contributed by atoms with Crippen LogP contribution in [0, 0.1) is 0 Å². The first-order chi connectivity index (χ1) is 11.9. The summed E-state index contributed by atoms with van der Waals surface area (Å²) in [5.41, 5.74) is 0.616. The van der Waals surface area contributed by atoms with Crippen molar-refractivity contribution in [2.75, 3.05) is 25.3 Å². The van der Waals surface area contributed by atoms with Crippen LogP contribution in [0.5, 0.6) is 5.75 Å². The van der Waals surface area contributed by atoms with Crippen molar-refractivity contribution in [2.45, 2.75) is 4.90 Å². The van der Waals surface area contributed by atoms with Gasteiger partial charge in [-0.05, 0) is 30.3 Å². The minimum absolute atomic E-state index is 0.170. The van der Waals surface area contributed by atoms with Gasteiger partial charge in [0.05, 0.1) is 33.4 Å². The fraction of sp³-hybridized carbons (Fsp3) is 0.176. The van der Waals surface area contributed by atoms with E-state index in [1.165, 1.54) is 25.5 Å². The fourth-order valence-electron chi connectivity index (χ4n) is 2.04. The van der Waals surface area contributed by atoms with Gasteiger partial charge in [-0.15, -0.1) is 0 Å². The monoisotopic (exact) mass is 381 g/mol. The highest BCUT2D eigenvalue weighted by Crippen LogP contribution is 2.27. The van der Waals surface area contributed by atoms with Crippen LogP contribution in [0.2, 0.25) is 5.02 Å². The molecule has 0 heterocycles. The highest BCUT2D eigenvalue weighted by molar-refractivity contribution is 7.84. The number of methoxy groups -OCH3 is 1. The number of amides is 1. The van der Waals surface area contributed by atoms with E-state index in [2.05, 4.69) is 5.32 Å². The smallest absolute Gasteiger partial charge is 0.339 e. The standard InChI is InChI=1S/C17H16ClNO5S/c1-23-14-8-7-11(9-13(14)18)19-16(20)10-24-17(21)12-5-3-4-6-15(12)25(2)22/h3-9H,10H2,1-2H3,(H,19,20)/t25-/m0/s1. The van der Waals surface area contributed by atoms with Gasteiger partial charge in [-0.1, -0.05) is 23.7 Å². The number of esters is 1. The summed E-state index contributed by atoms with van der Waals surface area (Å²) in [7, 11) is 0.146. The lowest BCUT2D eigenvalue weighted by Crippen LogP contribution is -2.21. The van der Waals surface area contributed by atoms with E-state index >= 15 is 0 Å². The van der Waals surface area contributed by atoms with Gasteiger partial charge in [-0.3, -0.25) is 9.00 Å². The number of anilines is 1. The first-order valence-corrected chi connectivity index (χ1v) is 9.09. The zero-order chi connectivity index (χ0) is 18.4. The summed E-state index contributed by atoms with van der Waals surface area (Å²) in [4.78, 5) is 24.4. The second-order valence-corrected chi connectivity index (χ2v) is 6.68. The lowest BCUT2D eigenvalue weighted by molar-refractivity contribution is -0.119. The van der Waals surface area contributed by atoms with Crippen molar-refractivity contribution < 1.29 is 23.3 Å². The van der Waals surface area contributed by atoms with Crippen molar-refractivity contribution in [2.24, 2.45) is 0 Å². The van der Waals surface area contributed by atoms with Crippen LogP contribution in [0.4, 0.5) is 5.69 Å². The molecular weight excluding hydrogens is 366 g/mol. The van der Waals surface area contributed by atoms with Crippen LogP contribution in [0.15, 0.2) is 47.4 Å². The molecule has 8 heteroatoms. The second kappa shape index (κ2) is 8.64. The van der Waals surface area contributed by atoms with Crippen LogP contribution in [0.3, 0.4) is 0 Å². The second-order valence-electron chi connectivity index (χ2n) is 4.92. The summed E-state index contributed by atoms with van der Waals surface area (Å²) in [5.74, 6) is -0.756. The third kappa shape index (κ3) is 5.04. The Morgan fingerprint density at radius 2 is 1.92 bits per heavy atom. The number of halogens is 1. The number of carbonyl (C=O) groups excluding carboxylic acids is 2. The van der Waals surface area contributed by atoms with E-state index in [1.807, 2.05) is 0 Å². The van der Waals surface area contributed by atoms with Crippen molar-refractivity contribution in [3.05, 3.63) is 53.1 Å². The predicted molar refractivity (Wildman–Crippen MR) is 95.7 cm³/mol. The Morgan fingerprint density at radius 3 is 2.56 bits per heavy atom. The molecule has 0 unspecified atom stereocenters. The van der Waals surface area contributed by atoms with E-state index in [0.29, 0.717) is 21.4 Å². The van der Waals surface area contributed by atoms with Gasteiger partial charge in [-0.25, -0.2) is 4.79 Å². The molecule has 0 saturated heterocycles. The van der Waals surface area contributed by atoms with Gasteiger partial charge in [0.15, 0.2) is 6.61 Å².